The first-order valence-corrected chi connectivity index (χ1v) is 6.74. The molecule has 21 heavy (non-hydrogen) atoms. The molecule has 1 amide bonds. The number of methoxy groups -OCH3 is 1. The van der Waals surface area contributed by atoms with Crippen LogP contribution in [0.3, 0.4) is 0 Å². The Labute approximate surface area is 127 Å². The zero-order valence-electron chi connectivity index (χ0n) is 11.5. The molecule has 0 unspecified atom stereocenters. The molecule has 2 aromatic rings. The van der Waals surface area contributed by atoms with E-state index in [1.54, 1.807) is 13.2 Å². The monoisotopic (exact) mass is 308 g/mol. The minimum atomic E-state index is -0.258. The molecule has 0 radical (unpaired) electrons. The molecule has 0 atom stereocenters. The van der Waals surface area contributed by atoms with Gasteiger partial charge in [-0.1, -0.05) is 24.4 Å². The maximum Gasteiger partial charge on any atom is 0.258 e. The van der Waals surface area contributed by atoms with Gasteiger partial charge in [0.05, 0.1) is 12.0 Å². The van der Waals surface area contributed by atoms with Gasteiger partial charge in [-0.3, -0.25) is 4.79 Å². The Morgan fingerprint density at radius 3 is 2.90 bits per heavy atom. The van der Waals surface area contributed by atoms with Gasteiger partial charge in [-0.2, -0.15) is 0 Å². The predicted molar refractivity (Wildman–Crippen MR) is 82.5 cm³/mol. The number of ether oxygens (including phenoxy) is 2. The number of furan rings is 1. The standard InChI is InChI=1S/C14H16N2O4S/c1-18-7-6-16-11(17)8-19-12-9-4-2-3-5-10(9)20-13(12)14(15)21/h2-5H,6-8H2,1H3,(H2,15,21)(H,16,17). The number of carbonyl (C=O) groups excluding carboxylic acids is 1. The van der Waals surface area contributed by atoms with E-state index < -0.39 is 0 Å². The number of nitrogens with one attached hydrogen (secondary N) is 1. The van der Waals surface area contributed by atoms with Gasteiger partial charge in [0.2, 0.25) is 5.76 Å². The Bertz CT molecular complexity index is 653. The first-order valence-electron chi connectivity index (χ1n) is 6.33. The minimum Gasteiger partial charge on any atom is -0.479 e. The predicted octanol–water partition coefficient (Wildman–Crippen LogP) is 1.21. The molecule has 6 nitrogen and oxygen atoms in total. The Kier molecular flexibility index (Phi) is 5.13. The topological polar surface area (TPSA) is 86.7 Å². The van der Waals surface area contributed by atoms with Gasteiger partial charge < -0.3 is 24.9 Å². The number of amides is 1. The molecule has 7 heteroatoms. The lowest BCUT2D eigenvalue weighted by atomic mass is 10.2. The highest BCUT2D eigenvalue weighted by Gasteiger charge is 2.18. The van der Waals surface area contributed by atoms with E-state index in [1.165, 1.54) is 0 Å². The van der Waals surface area contributed by atoms with Crippen LogP contribution in [-0.4, -0.2) is 37.8 Å². The second-order valence-electron chi connectivity index (χ2n) is 4.25. The number of carbonyl (C=O) groups is 1. The minimum absolute atomic E-state index is 0.0843. The average Bonchev–Trinajstić information content (AvgIpc) is 2.84. The normalized spacial score (nSPS) is 10.5. The summed E-state index contributed by atoms with van der Waals surface area (Å²) >= 11 is 4.94. The summed E-state index contributed by atoms with van der Waals surface area (Å²) in [4.78, 5) is 11.7. The summed E-state index contributed by atoms with van der Waals surface area (Å²) in [5.74, 6) is 0.405. The largest absolute Gasteiger partial charge is 0.479 e. The van der Waals surface area contributed by atoms with Crippen molar-refractivity contribution in [1.29, 1.82) is 0 Å². The lowest BCUT2D eigenvalue weighted by Gasteiger charge is -2.07. The molecule has 0 saturated carbocycles. The highest BCUT2D eigenvalue weighted by atomic mass is 32.1. The third-order valence-corrected chi connectivity index (χ3v) is 2.94. The van der Waals surface area contributed by atoms with Crippen molar-refractivity contribution in [1.82, 2.24) is 5.32 Å². The van der Waals surface area contributed by atoms with Crippen LogP contribution in [0.25, 0.3) is 11.0 Å². The van der Waals surface area contributed by atoms with Gasteiger partial charge in [-0.15, -0.1) is 0 Å². The summed E-state index contributed by atoms with van der Waals surface area (Å²) < 4.78 is 15.9. The van der Waals surface area contributed by atoms with Crippen molar-refractivity contribution in [2.45, 2.75) is 0 Å². The molecule has 0 saturated heterocycles. The fourth-order valence-corrected chi connectivity index (χ4v) is 1.94. The van der Waals surface area contributed by atoms with Crippen molar-refractivity contribution in [3.8, 4) is 5.75 Å². The van der Waals surface area contributed by atoms with E-state index in [0.29, 0.717) is 24.5 Å². The Morgan fingerprint density at radius 2 is 2.19 bits per heavy atom. The van der Waals surface area contributed by atoms with Crippen LogP contribution >= 0.6 is 12.2 Å². The third-order valence-electron chi connectivity index (χ3n) is 2.75. The molecule has 1 heterocycles. The van der Waals surface area contributed by atoms with E-state index in [4.69, 9.17) is 31.8 Å². The second kappa shape index (κ2) is 7.05. The summed E-state index contributed by atoms with van der Waals surface area (Å²) in [6.45, 7) is 0.717. The van der Waals surface area contributed by atoms with Crippen LogP contribution in [0.2, 0.25) is 0 Å². The van der Waals surface area contributed by atoms with Crippen LogP contribution in [0.5, 0.6) is 5.75 Å². The fourth-order valence-electron chi connectivity index (χ4n) is 1.81. The van der Waals surface area contributed by atoms with E-state index in [2.05, 4.69) is 5.32 Å². The lowest BCUT2D eigenvalue weighted by molar-refractivity contribution is -0.123. The van der Waals surface area contributed by atoms with Crippen LogP contribution in [0.4, 0.5) is 0 Å². The average molecular weight is 308 g/mol. The third kappa shape index (κ3) is 3.71. The number of fused-ring (bicyclic) bond motifs is 1. The molecule has 0 aliphatic carbocycles. The van der Waals surface area contributed by atoms with Gasteiger partial charge in [0.15, 0.2) is 12.4 Å². The van der Waals surface area contributed by atoms with Gasteiger partial charge in [0.25, 0.3) is 5.91 Å². The number of hydrogen-bond donors (Lipinski definition) is 2. The number of para-hydroxylation sites is 1. The molecular formula is C14H16N2O4S. The van der Waals surface area contributed by atoms with Crippen LogP contribution in [0.15, 0.2) is 28.7 Å². The molecule has 0 aliphatic heterocycles. The van der Waals surface area contributed by atoms with Gasteiger partial charge >= 0.3 is 0 Å². The molecule has 0 spiro atoms. The van der Waals surface area contributed by atoms with Gasteiger partial charge in [-0.25, -0.2) is 0 Å². The number of nitrogens with two attached hydrogens (primary N) is 1. The van der Waals surface area contributed by atoms with Crippen molar-refractivity contribution in [2.75, 3.05) is 26.9 Å². The van der Waals surface area contributed by atoms with Gasteiger partial charge in [0.1, 0.15) is 10.6 Å². The molecule has 0 aliphatic rings. The quantitative estimate of drug-likeness (QED) is 0.590. The first kappa shape index (κ1) is 15.3. The maximum atomic E-state index is 11.6. The number of thiocarbonyl (C=S) groups is 1. The fraction of sp³-hybridized carbons (Fsp3) is 0.286. The zero-order valence-corrected chi connectivity index (χ0v) is 12.4. The molecule has 2 rings (SSSR count). The molecular weight excluding hydrogens is 292 g/mol. The second-order valence-corrected chi connectivity index (χ2v) is 4.69. The molecule has 112 valence electrons. The highest BCUT2D eigenvalue weighted by molar-refractivity contribution is 7.80. The molecule has 1 aromatic heterocycles. The van der Waals surface area contributed by atoms with Crippen LogP contribution in [-0.2, 0) is 9.53 Å². The van der Waals surface area contributed by atoms with Crippen LogP contribution < -0.4 is 15.8 Å². The van der Waals surface area contributed by atoms with E-state index in [-0.39, 0.29) is 23.3 Å². The number of rotatable bonds is 7. The van der Waals surface area contributed by atoms with E-state index in [0.717, 1.165) is 5.39 Å². The summed E-state index contributed by atoms with van der Waals surface area (Å²) in [7, 11) is 1.56. The summed E-state index contributed by atoms with van der Waals surface area (Å²) in [5, 5.41) is 3.39. The number of hydrogen-bond acceptors (Lipinski definition) is 5. The van der Waals surface area contributed by atoms with Crippen LogP contribution in [0.1, 0.15) is 5.76 Å². The van der Waals surface area contributed by atoms with E-state index in [1.807, 2.05) is 18.2 Å². The van der Waals surface area contributed by atoms with Gasteiger partial charge in [0, 0.05) is 13.7 Å². The molecule has 0 fully saturated rings. The Morgan fingerprint density at radius 1 is 1.43 bits per heavy atom. The van der Waals surface area contributed by atoms with Crippen molar-refractivity contribution in [3.63, 3.8) is 0 Å². The Hall–Kier alpha value is -2.12. The summed E-state index contributed by atoms with van der Waals surface area (Å²) in [6, 6.07) is 7.27. The lowest BCUT2D eigenvalue weighted by Crippen LogP contribution is -2.31. The van der Waals surface area contributed by atoms with Crippen molar-refractivity contribution < 1.29 is 18.7 Å². The van der Waals surface area contributed by atoms with Crippen molar-refractivity contribution in [3.05, 3.63) is 30.0 Å². The van der Waals surface area contributed by atoms with Crippen molar-refractivity contribution in [2.24, 2.45) is 5.73 Å². The smallest absolute Gasteiger partial charge is 0.258 e. The summed E-state index contributed by atoms with van der Waals surface area (Å²) in [5.41, 5.74) is 6.23. The SMILES string of the molecule is COCCNC(=O)COc1c(C(N)=S)oc2ccccc12. The molecule has 0 bridgehead atoms. The van der Waals surface area contributed by atoms with Crippen LogP contribution in [0, 0.1) is 0 Å². The van der Waals surface area contributed by atoms with E-state index in [9.17, 15) is 4.79 Å². The van der Waals surface area contributed by atoms with Gasteiger partial charge in [-0.05, 0) is 12.1 Å². The van der Waals surface area contributed by atoms with Crippen molar-refractivity contribution >= 4 is 34.1 Å². The first-order chi connectivity index (χ1) is 10.1. The van der Waals surface area contributed by atoms with E-state index >= 15 is 0 Å². The number of benzene rings is 1. The maximum absolute atomic E-state index is 11.6. The molecule has 1 aromatic carbocycles. The highest BCUT2D eigenvalue weighted by Crippen LogP contribution is 2.32. The Balaban J connectivity index is 2.12. The zero-order chi connectivity index (χ0) is 15.2. The molecule has 3 N–H and O–H groups in total. The summed E-state index contributed by atoms with van der Waals surface area (Å²) in [6.07, 6.45) is 0.